The molecule has 6 nitrogen and oxygen atoms in total. The Labute approximate surface area is 103 Å². The number of aliphatic carboxylic acids is 1. The van der Waals surface area contributed by atoms with Crippen LogP contribution in [-0.4, -0.2) is 39.2 Å². The second kappa shape index (κ2) is 4.95. The van der Waals surface area contributed by atoms with Crippen LogP contribution in [0, 0.1) is 0 Å². The van der Waals surface area contributed by atoms with Gasteiger partial charge in [-0.2, -0.15) is 0 Å². The highest BCUT2D eigenvalue weighted by Crippen LogP contribution is 2.27. The van der Waals surface area contributed by atoms with Gasteiger partial charge < -0.3 is 10.0 Å². The summed E-state index contributed by atoms with van der Waals surface area (Å²) in [5.74, 6) is -1.52. The van der Waals surface area contributed by atoms with Gasteiger partial charge in [0, 0.05) is 12.4 Å². The molecular weight excluding hydrogens is 236 g/mol. The number of rotatable bonds is 4. The number of hydrogen-bond acceptors (Lipinski definition) is 4. The highest BCUT2D eigenvalue weighted by Gasteiger charge is 2.34. The van der Waals surface area contributed by atoms with Gasteiger partial charge in [-0.15, -0.1) is 0 Å². The van der Waals surface area contributed by atoms with Gasteiger partial charge in [0.1, 0.15) is 0 Å². The van der Waals surface area contributed by atoms with E-state index < -0.39 is 12.0 Å². The first-order valence-corrected chi connectivity index (χ1v) is 5.51. The Morgan fingerprint density at radius 2 is 2.28 bits per heavy atom. The standard InChI is InChI=1S/C12H12N2O4/c15-9-4-11(16)14(7-9)10(5-12(17)18)8-2-1-3-13-6-8/h1-3,6,10H,4-5,7H2,(H,17,18). The van der Waals surface area contributed by atoms with Crippen LogP contribution in [0.2, 0.25) is 0 Å². The van der Waals surface area contributed by atoms with Gasteiger partial charge in [0.05, 0.1) is 25.4 Å². The number of carboxylic acids is 1. The molecule has 1 aromatic heterocycles. The molecule has 18 heavy (non-hydrogen) atoms. The van der Waals surface area contributed by atoms with Crippen molar-refractivity contribution in [3.05, 3.63) is 30.1 Å². The molecule has 0 aliphatic carbocycles. The number of likely N-dealkylation sites (tertiary alicyclic amines) is 1. The van der Waals surface area contributed by atoms with Crippen LogP contribution in [0.4, 0.5) is 0 Å². The molecule has 0 saturated carbocycles. The Balaban J connectivity index is 2.28. The van der Waals surface area contributed by atoms with Crippen LogP contribution in [0.25, 0.3) is 0 Å². The summed E-state index contributed by atoms with van der Waals surface area (Å²) in [4.78, 5) is 39.0. The summed E-state index contributed by atoms with van der Waals surface area (Å²) in [6.45, 7) is -0.0221. The van der Waals surface area contributed by atoms with Gasteiger partial charge >= 0.3 is 5.97 Å². The van der Waals surface area contributed by atoms with Gasteiger partial charge in [0.15, 0.2) is 5.78 Å². The number of amides is 1. The van der Waals surface area contributed by atoms with E-state index in [2.05, 4.69) is 4.98 Å². The summed E-state index contributed by atoms with van der Waals surface area (Å²) in [6, 6.07) is 2.75. The van der Waals surface area contributed by atoms with Gasteiger partial charge in [0.25, 0.3) is 0 Å². The van der Waals surface area contributed by atoms with Crippen LogP contribution in [0.3, 0.4) is 0 Å². The van der Waals surface area contributed by atoms with Gasteiger partial charge in [0.2, 0.25) is 5.91 Å². The van der Waals surface area contributed by atoms with Crippen LogP contribution in [0.5, 0.6) is 0 Å². The molecule has 1 N–H and O–H groups in total. The topological polar surface area (TPSA) is 87.6 Å². The average molecular weight is 248 g/mol. The molecule has 1 amide bonds. The third-order valence-corrected chi connectivity index (χ3v) is 2.83. The fourth-order valence-electron chi connectivity index (χ4n) is 2.03. The van der Waals surface area contributed by atoms with Crippen molar-refractivity contribution in [3.63, 3.8) is 0 Å². The predicted octanol–water partition coefficient (Wildman–Crippen LogP) is 0.399. The van der Waals surface area contributed by atoms with E-state index in [0.29, 0.717) is 5.56 Å². The van der Waals surface area contributed by atoms with Crippen molar-refractivity contribution >= 4 is 17.7 Å². The van der Waals surface area contributed by atoms with Gasteiger partial charge in [-0.3, -0.25) is 19.4 Å². The molecule has 94 valence electrons. The monoisotopic (exact) mass is 248 g/mol. The quantitative estimate of drug-likeness (QED) is 0.779. The number of Topliss-reactive ketones (excluding diaryl/α,β-unsaturated/α-hetero) is 1. The lowest BCUT2D eigenvalue weighted by Crippen LogP contribution is -2.32. The molecule has 2 heterocycles. The molecule has 1 saturated heterocycles. The fourth-order valence-corrected chi connectivity index (χ4v) is 2.03. The number of ketones is 1. The molecule has 6 heteroatoms. The lowest BCUT2D eigenvalue weighted by molar-refractivity contribution is -0.140. The van der Waals surface area contributed by atoms with Crippen LogP contribution in [0.1, 0.15) is 24.4 Å². The zero-order chi connectivity index (χ0) is 13.1. The van der Waals surface area contributed by atoms with E-state index >= 15 is 0 Å². The molecular formula is C12H12N2O4. The van der Waals surface area contributed by atoms with Crippen molar-refractivity contribution in [1.29, 1.82) is 0 Å². The van der Waals surface area contributed by atoms with Gasteiger partial charge in [-0.25, -0.2) is 0 Å². The normalized spacial score (nSPS) is 17.0. The molecule has 0 aromatic carbocycles. The van der Waals surface area contributed by atoms with Crippen molar-refractivity contribution in [2.75, 3.05) is 6.54 Å². The number of nitrogens with zero attached hydrogens (tertiary/aromatic N) is 2. The Kier molecular flexibility index (Phi) is 3.36. The zero-order valence-corrected chi connectivity index (χ0v) is 9.57. The summed E-state index contributed by atoms with van der Waals surface area (Å²) >= 11 is 0. The Morgan fingerprint density at radius 3 is 2.78 bits per heavy atom. The molecule has 1 aliphatic rings. The molecule has 1 unspecified atom stereocenters. The van der Waals surface area contributed by atoms with Crippen molar-refractivity contribution < 1.29 is 19.5 Å². The Hall–Kier alpha value is -2.24. The minimum Gasteiger partial charge on any atom is -0.481 e. The number of carbonyl (C=O) groups excluding carboxylic acids is 2. The minimum atomic E-state index is -1.02. The zero-order valence-electron chi connectivity index (χ0n) is 9.57. The summed E-state index contributed by atoms with van der Waals surface area (Å²) < 4.78 is 0. The van der Waals surface area contributed by atoms with E-state index in [9.17, 15) is 14.4 Å². The third kappa shape index (κ3) is 2.53. The Bertz CT molecular complexity index is 486. The van der Waals surface area contributed by atoms with E-state index in [0.717, 1.165) is 0 Å². The number of pyridine rings is 1. The smallest absolute Gasteiger partial charge is 0.305 e. The molecule has 1 atom stereocenters. The van der Waals surface area contributed by atoms with Crippen LogP contribution < -0.4 is 0 Å². The molecule has 0 radical (unpaired) electrons. The predicted molar refractivity (Wildman–Crippen MR) is 60.6 cm³/mol. The van der Waals surface area contributed by atoms with Gasteiger partial charge in [-0.05, 0) is 11.6 Å². The van der Waals surface area contributed by atoms with E-state index in [-0.39, 0.29) is 31.1 Å². The summed E-state index contributed by atoms with van der Waals surface area (Å²) in [5, 5.41) is 8.91. The minimum absolute atomic E-state index is 0.0221. The molecule has 0 bridgehead atoms. The molecule has 1 fully saturated rings. The number of carbonyl (C=O) groups is 3. The maximum absolute atomic E-state index is 11.7. The van der Waals surface area contributed by atoms with Crippen LogP contribution in [-0.2, 0) is 14.4 Å². The number of aromatic nitrogens is 1. The number of carboxylic acid groups (broad SMARTS) is 1. The lowest BCUT2D eigenvalue weighted by atomic mass is 10.0. The van der Waals surface area contributed by atoms with E-state index in [1.165, 1.54) is 11.1 Å². The summed E-state index contributed by atoms with van der Waals surface area (Å²) in [6.07, 6.45) is 2.71. The molecule has 2 rings (SSSR count). The van der Waals surface area contributed by atoms with Crippen molar-refractivity contribution in [2.24, 2.45) is 0 Å². The third-order valence-electron chi connectivity index (χ3n) is 2.83. The van der Waals surface area contributed by atoms with Crippen molar-refractivity contribution in [2.45, 2.75) is 18.9 Å². The van der Waals surface area contributed by atoms with E-state index in [4.69, 9.17) is 5.11 Å². The van der Waals surface area contributed by atoms with Gasteiger partial charge in [-0.1, -0.05) is 6.07 Å². The number of hydrogen-bond donors (Lipinski definition) is 1. The average Bonchev–Trinajstić information content (AvgIpc) is 2.66. The lowest BCUT2D eigenvalue weighted by Gasteiger charge is -2.25. The van der Waals surface area contributed by atoms with Crippen molar-refractivity contribution in [3.8, 4) is 0 Å². The fraction of sp³-hybridized carbons (Fsp3) is 0.333. The summed E-state index contributed by atoms with van der Waals surface area (Å²) in [7, 11) is 0. The first-order valence-electron chi connectivity index (χ1n) is 5.51. The largest absolute Gasteiger partial charge is 0.481 e. The summed E-state index contributed by atoms with van der Waals surface area (Å²) in [5.41, 5.74) is 0.628. The maximum atomic E-state index is 11.7. The van der Waals surface area contributed by atoms with E-state index in [1.807, 2.05) is 0 Å². The highest BCUT2D eigenvalue weighted by atomic mass is 16.4. The van der Waals surface area contributed by atoms with Crippen LogP contribution >= 0.6 is 0 Å². The second-order valence-electron chi connectivity index (χ2n) is 4.14. The maximum Gasteiger partial charge on any atom is 0.305 e. The Morgan fingerprint density at radius 1 is 1.50 bits per heavy atom. The van der Waals surface area contributed by atoms with Crippen molar-refractivity contribution in [1.82, 2.24) is 9.88 Å². The molecule has 1 aliphatic heterocycles. The van der Waals surface area contributed by atoms with E-state index in [1.54, 1.807) is 18.3 Å². The highest BCUT2D eigenvalue weighted by molar-refractivity contribution is 6.05. The first-order chi connectivity index (χ1) is 8.58. The molecule has 0 spiro atoms. The first kappa shape index (κ1) is 12.2. The second-order valence-corrected chi connectivity index (χ2v) is 4.14. The van der Waals surface area contributed by atoms with Crippen LogP contribution in [0.15, 0.2) is 24.5 Å². The molecule has 1 aromatic rings. The SMILES string of the molecule is O=C(O)CC(c1cccnc1)N1CC(=O)CC1=O.